The quantitative estimate of drug-likeness (QED) is 0.279. The molecule has 3 rings (SSSR count). The first kappa shape index (κ1) is 29.4. The Balaban J connectivity index is 1.34. The van der Waals surface area contributed by atoms with Gasteiger partial charge in [0.05, 0.1) is 25.9 Å². The van der Waals surface area contributed by atoms with E-state index in [1.165, 1.54) is 5.56 Å². The predicted octanol–water partition coefficient (Wildman–Crippen LogP) is 5.20. The lowest BCUT2D eigenvalue weighted by molar-refractivity contribution is 0.0215. The molecule has 0 heterocycles. The first-order valence-corrected chi connectivity index (χ1v) is 13.8. The smallest absolute Gasteiger partial charge is 0.122 e. The summed E-state index contributed by atoms with van der Waals surface area (Å²) in [5.41, 5.74) is 2.00. The molecule has 1 aliphatic rings. The number of hydrogen-bond donors (Lipinski definition) is 4. The average molecular weight is 513 g/mol. The van der Waals surface area contributed by atoms with E-state index in [9.17, 15) is 10.2 Å². The highest BCUT2D eigenvalue weighted by Gasteiger charge is 2.37. The first-order valence-electron chi connectivity index (χ1n) is 13.8. The summed E-state index contributed by atoms with van der Waals surface area (Å²) in [6, 6.07) is 15.3. The van der Waals surface area contributed by atoms with Crippen molar-refractivity contribution in [1.82, 2.24) is 10.6 Å². The van der Waals surface area contributed by atoms with Crippen molar-refractivity contribution in [2.75, 3.05) is 26.3 Å². The molecule has 0 aliphatic heterocycles. The van der Waals surface area contributed by atoms with Crippen LogP contribution in [-0.4, -0.2) is 53.7 Å². The molecule has 37 heavy (non-hydrogen) atoms. The van der Waals surface area contributed by atoms with Crippen LogP contribution >= 0.6 is 0 Å². The molecule has 2 aromatic carbocycles. The molecule has 2 aromatic rings. The van der Waals surface area contributed by atoms with Gasteiger partial charge in [-0.2, -0.15) is 0 Å². The van der Waals surface area contributed by atoms with Crippen LogP contribution in [0.1, 0.15) is 64.5 Å². The van der Waals surface area contributed by atoms with Crippen LogP contribution < -0.4 is 15.4 Å². The first-order chi connectivity index (χ1) is 17.6. The third kappa shape index (κ3) is 9.29. The molecule has 2 unspecified atom stereocenters. The van der Waals surface area contributed by atoms with Crippen LogP contribution in [0.5, 0.6) is 11.5 Å². The van der Waals surface area contributed by atoms with Crippen molar-refractivity contribution in [3.63, 3.8) is 0 Å². The minimum atomic E-state index is -0.582. The maximum absolute atomic E-state index is 10.4. The number of aliphatic hydroxyl groups excluding tert-OH is 1. The van der Waals surface area contributed by atoms with Crippen LogP contribution in [0.2, 0.25) is 0 Å². The summed E-state index contributed by atoms with van der Waals surface area (Å²) in [4.78, 5) is 0. The SMILES string of the molecule is Cc1ccccc1OCC(C)CNC(C)(C)C1CCC(C)(NCC(O)COCc2ccccc2O)CC1. The van der Waals surface area contributed by atoms with Gasteiger partial charge in [-0.15, -0.1) is 0 Å². The van der Waals surface area contributed by atoms with Crippen LogP contribution in [0.25, 0.3) is 0 Å². The molecule has 1 fully saturated rings. The minimum absolute atomic E-state index is 0.0277. The standard InChI is InChI=1S/C31H48N2O4/c1-23(20-37-29-13-9-6-10-24(29)2)18-32-30(3,4)26-14-16-31(5,17-15-26)33-19-27(34)22-36-21-25-11-7-8-12-28(25)35/h6-13,23,26-27,32-35H,14-22H2,1-5H3. The van der Waals surface area contributed by atoms with Gasteiger partial charge in [-0.1, -0.05) is 43.3 Å². The maximum atomic E-state index is 10.4. The monoisotopic (exact) mass is 512 g/mol. The van der Waals surface area contributed by atoms with E-state index < -0.39 is 6.10 Å². The van der Waals surface area contributed by atoms with Gasteiger partial charge in [0.25, 0.3) is 0 Å². The molecule has 2 atom stereocenters. The van der Waals surface area contributed by atoms with Crippen LogP contribution in [0.3, 0.4) is 0 Å². The highest BCUT2D eigenvalue weighted by atomic mass is 16.5. The lowest BCUT2D eigenvalue weighted by atomic mass is 9.70. The Hall–Kier alpha value is -2.12. The molecule has 1 saturated carbocycles. The third-order valence-corrected chi connectivity index (χ3v) is 7.96. The Kier molecular flexibility index (Phi) is 10.8. The predicted molar refractivity (Wildman–Crippen MR) is 150 cm³/mol. The molecule has 4 N–H and O–H groups in total. The van der Waals surface area contributed by atoms with Crippen molar-refractivity contribution in [3.05, 3.63) is 59.7 Å². The van der Waals surface area contributed by atoms with E-state index in [0.29, 0.717) is 31.6 Å². The number of ether oxygens (including phenoxy) is 2. The number of aliphatic hydroxyl groups is 1. The number of aromatic hydroxyl groups is 1. The van der Waals surface area contributed by atoms with Crippen molar-refractivity contribution < 1.29 is 19.7 Å². The Morgan fingerprint density at radius 3 is 2.41 bits per heavy atom. The highest BCUT2D eigenvalue weighted by Crippen LogP contribution is 2.37. The molecule has 0 amide bonds. The molecule has 0 bridgehead atoms. The van der Waals surface area contributed by atoms with Crippen molar-refractivity contribution in [1.29, 1.82) is 0 Å². The van der Waals surface area contributed by atoms with Gasteiger partial charge in [0.2, 0.25) is 0 Å². The third-order valence-electron chi connectivity index (χ3n) is 7.96. The molecule has 6 nitrogen and oxygen atoms in total. The summed E-state index contributed by atoms with van der Waals surface area (Å²) < 4.78 is 11.7. The van der Waals surface area contributed by atoms with Gasteiger partial charge in [0.15, 0.2) is 0 Å². The zero-order valence-electron chi connectivity index (χ0n) is 23.4. The number of β-amino-alcohol motifs (C(OH)–C–C–N with tert-alkyl or cyclic N) is 1. The zero-order chi connectivity index (χ0) is 26.9. The summed E-state index contributed by atoms with van der Waals surface area (Å²) in [7, 11) is 0. The summed E-state index contributed by atoms with van der Waals surface area (Å²) >= 11 is 0. The van der Waals surface area contributed by atoms with Crippen LogP contribution in [0.15, 0.2) is 48.5 Å². The van der Waals surface area contributed by atoms with Crippen molar-refractivity contribution in [2.24, 2.45) is 11.8 Å². The van der Waals surface area contributed by atoms with Crippen LogP contribution in [0, 0.1) is 18.8 Å². The van der Waals surface area contributed by atoms with Crippen molar-refractivity contribution in [3.8, 4) is 11.5 Å². The number of rotatable bonds is 14. The molecular formula is C31H48N2O4. The molecule has 0 aromatic heterocycles. The van der Waals surface area contributed by atoms with Gasteiger partial charge in [0.1, 0.15) is 11.5 Å². The number of hydrogen-bond acceptors (Lipinski definition) is 6. The van der Waals surface area contributed by atoms with E-state index in [1.807, 2.05) is 30.3 Å². The number of nitrogens with one attached hydrogen (secondary N) is 2. The van der Waals surface area contributed by atoms with Gasteiger partial charge in [-0.25, -0.2) is 0 Å². The number of phenols is 1. The molecule has 0 spiro atoms. The largest absolute Gasteiger partial charge is 0.508 e. The van der Waals surface area contributed by atoms with E-state index in [0.717, 1.165) is 43.5 Å². The normalized spacial score (nSPS) is 21.9. The minimum Gasteiger partial charge on any atom is -0.508 e. The Morgan fingerprint density at radius 1 is 1.03 bits per heavy atom. The van der Waals surface area contributed by atoms with Gasteiger partial charge >= 0.3 is 0 Å². The average Bonchev–Trinajstić information content (AvgIpc) is 2.87. The Bertz CT molecular complexity index is 956. The van der Waals surface area contributed by atoms with Crippen LogP contribution in [-0.2, 0) is 11.3 Å². The molecule has 1 aliphatic carbocycles. The van der Waals surface area contributed by atoms with Crippen molar-refractivity contribution >= 4 is 0 Å². The van der Waals surface area contributed by atoms with Gasteiger partial charge in [0, 0.05) is 35.6 Å². The van der Waals surface area contributed by atoms with E-state index in [1.54, 1.807) is 12.1 Å². The van der Waals surface area contributed by atoms with Gasteiger partial charge in [-0.05, 0) is 77.0 Å². The summed E-state index contributed by atoms with van der Waals surface area (Å²) in [6.07, 6.45) is 3.89. The Morgan fingerprint density at radius 2 is 1.70 bits per heavy atom. The van der Waals surface area contributed by atoms with E-state index in [-0.39, 0.29) is 23.4 Å². The van der Waals surface area contributed by atoms with Gasteiger partial charge < -0.3 is 30.3 Å². The topological polar surface area (TPSA) is 83.0 Å². The summed E-state index contributed by atoms with van der Waals surface area (Å²) in [5, 5.41) is 27.7. The molecule has 206 valence electrons. The zero-order valence-corrected chi connectivity index (χ0v) is 23.4. The number of aryl methyl sites for hydroxylation is 1. The fourth-order valence-electron chi connectivity index (χ4n) is 5.11. The second kappa shape index (κ2) is 13.6. The molecular weight excluding hydrogens is 464 g/mol. The highest BCUT2D eigenvalue weighted by molar-refractivity contribution is 5.32. The van der Waals surface area contributed by atoms with E-state index >= 15 is 0 Å². The van der Waals surface area contributed by atoms with E-state index in [4.69, 9.17) is 9.47 Å². The van der Waals surface area contributed by atoms with Crippen LogP contribution in [0.4, 0.5) is 0 Å². The summed E-state index contributed by atoms with van der Waals surface area (Å²) in [6.45, 7) is 13.9. The van der Waals surface area contributed by atoms with Crippen molar-refractivity contribution in [2.45, 2.75) is 84.1 Å². The second-order valence-electron chi connectivity index (χ2n) is 11.8. The second-order valence-corrected chi connectivity index (χ2v) is 11.8. The molecule has 0 radical (unpaired) electrons. The Labute approximate surface area is 223 Å². The fourth-order valence-corrected chi connectivity index (χ4v) is 5.11. The fraction of sp³-hybridized carbons (Fsp3) is 0.613. The van der Waals surface area contributed by atoms with Gasteiger partial charge in [-0.3, -0.25) is 0 Å². The number of benzene rings is 2. The number of para-hydroxylation sites is 2. The molecule has 6 heteroatoms. The summed E-state index contributed by atoms with van der Waals surface area (Å²) in [5.74, 6) is 2.23. The molecule has 0 saturated heterocycles. The lowest BCUT2D eigenvalue weighted by Crippen LogP contribution is -2.54. The number of phenolic OH excluding ortho intramolecular Hbond substituents is 1. The lowest BCUT2D eigenvalue weighted by Gasteiger charge is -2.45. The maximum Gasteiger partial charge on any atom is 0.122 e. The van der Waals surface area contributed by atoms with E-state index in [2.05, 4.69) is 51.3 Å².